The molecule has 0 radical (unpaired) electrons. The summed E-state index contributed by atoms with van der Waals surface area (Å²) in [6.07, 6.45) is 8.74. The molecule has 3 N–H and O–H groups in total. The van der Waals surface area contributed by atoms with Gasteiger partial charge in [0.25, 0.3) is 0 Å². The van der Waals surface area contributed by atoms with Gasteiger partial charge >= 0.3 is 0 Å². The summed E-state index contributed by atoms with van der Waals surface area (Å²) >= 11 is 6.04. The Kier molecular flexibility index (Phi) is 4.57. The quantitative estimate of drug-likeness (QED) is 0.587. The number of pyridine rings is 1. The molecular weight excluding hydrogens is 369 g/mol. The van der Waals surface area contributed by atoms with Crippen LogP contribution in [-0.4, -0.2) is 36.7 Å². The van der Waals surface area contributed by atoms with Gasteiger partial charge in [-0.3, -0.25) is 0 Å². The Morgan fingerprint density at radius 2 is 2.26 bits per heavy atom. The third-order valence-corrected chi connectivity index (χ3v) is 5.17. The topological polar surface area (TPSA) is 86.7 Å². The average Bonchev–Trinajstić information content (AvgIpc) is 3.07. The highest BCUT2D eigenvalue weighted by Crippen LogP contribution is 2.32. The molecule has 1 fully saturated rings. The fraction of sp³-hybridized carbons (Fsp3) is 0.316. The van der Waals surface area contributed by atoms with Gasteiger partial charge in [-0.05, 0) is 31.7 Å². The number of rotatable bonds is 4. The van der Waals surface area contributed by atoms with Crippen molar-refractivity contribution in [1.29, 1.82) is 0 Å². The lowest BCUT2D eigenvalue weighted by atomic mass is 9.82. The lowest BCUT2D eigenvalue weighted by molar-refractivity contribution is 0.0469. The van der Waals surface area contributed by atoms with Crippen LogP contribution in [0.3, 0.4) is 0 Å². The van der Waals surface area contributed by atoms with Crippen molar-refractivity contribution in [3.8, 4) is 11.4 Å². The number of halogens is 2. The van der Waals surface area contributed by atoms with Gasteiger partial charge in [0.2, 0.25) is 0 Å². The molecule has 4 rings (SSSR count). The second-order valence-electron chi connectivity index (χ2n) is 6.89. The van der Waals surface area contributed by atoms with Gasteiger partial charge in [0.1, 0.15) is 5.65 Å². The number of nitrogens with zero attached hydrogens (tertiary/aromatic N) is 3. The normalized spacial score (nSPS) is 22.7. The lowest BCUT2D eigenvalue weighted by Crippen LogP contribution is -2.39. The molecule has 0 saturated heterocycles. The van der Waals surface area contributed by atoms with E-state index in [4.69, 9.17) is 11.6 Å². The van der Waals surface area contributed by atoms with Gasteiger partial charge < -0.3 is 15.4 Å². The Bertz CT molecular complexity index is 1010. The monoisotopic (exact) mass is 387 g/mol. The fourth-order valence-corrected chi connectivity index (χ4v) is 3.71. The first-order valence-corrected chi connectivity index (χ1v) is 9.13. The average molecular weight is 388 g/mol. The Labute approximate surface area is 160 Å². The van der Waals surface area contributed by atoms with Crippen LogP contribution >= 0.6 is 11.6 Å². The van der Waals surface area contributed by atoms with Crippen LogP contribution in [0.1, 0.15) is 25.7 Å². The van der Waals surface area contributed by atoms with Gasteiger partial charge in [-0.15, -0.1) is 6.58 Å². The van der Waals surface area contributed by atoms with Crippen LogP contribution in [0.4, 0.5) is 10.2 Å². The molecule has 0 aliphatic heterocycles. The number of hydrogen-bond acceptors (Lipinski definition) is 5. The lowest BCUT2D eigenvalue weighted by Gasteiger charge is -2.35. The van der Waals surface area contributed by atoms with Crippen LogP contribution in [0.15, 0.2) is 37.3 Å². The molecule has 3 aromatic rings. The Hall–Kier alpha value is -2.51. The van der Waals surface area contributed by atoms with E-state index in [9.17, 15) is 9.50 Å². The third kappa shape index (κ3) is 3.52. The van der Waals surface area contributed by atoms with Gasteiger partial charge in [-0.1, -0.05) is 17.7 Å². The summed E-state index contributed by atoms with van der Waals surface area (Å²) in [6.45, 7) is 3.70. The number of aliphatic hydroxyl groups is 1. The molecule has 3 heterocycles. The first-order chi connectivity index (χ1) is 13.0. The number of anilines is 1. The van der Waals surface area contributed by atoms with Crippen LogP contribution in [0.25, 0.3) is 22.4 Å². The largest absolute Gasteiger partial charge is 0.386 e. The molecule has 0 aromatic carbocycles. The fourth-order valence-electron chi connectivity index (χ4n) is 3.55. The zero-order valence-corrected chi connectivity index (χ0v) is 15.3. The molecule has 1 aliphatic rings. The van der Waals surface area contributed by atoms with Crippen molar-refractivity contribution in [2.75, 3.05) is 5.32 Å². The standard InChI is InChI=1S/C19H19ClFN5O/c1-2-19(27)5-3-4-12(7-19)25-18-15(21)10-24-17(26-18)14-9-23-16-13(14)6-11(20)8-22-16/h2,6,8-10,12,27H,1,3-5,7H2,(H,22,23)(H,24,25,26). The zero-order valence-electron chi connectivity index (χ0n) is 14.5. The minimum atomic E-state index is -0.929. The SMILES string of the molecule is C=CC1(O)CCCC(Nc2nc(-c3c[nH]c4ncc(Cl)cc34)ncc2F)C1. The number of fused-ring (bicyclic) bond motifs is 1. The second kappa shape index (κ2) is 6.90. The molecule has 2 unspecified atom stereocenters. The summed E-state index contributed by atoms with van der Waals surface area (Å²) in [5.74, 6) is -0.0610. The summed E-state index contributed by atoms with van der Waals surface area (Å²) in [6, 6.07) is 1.67. The first kappa shape index (κ1) is 17.9. The molecule has 0 amide bonds. The molecule has 1 saturated carbocycles. The maximum absolute atomic E-state index is 14.3. The number of hydrogen-bond donors (Lipinski definition) is 3. The van der Waals surface area contributed by atoms with E-state index < -0.39 is 11.4 Å². The first-order valence-electron chi connectivity index (χ1n) is 8.75. The van der Waals surface area contributed by atoms with Gasteiger partial charge in [0.15, 0.2) is 17.5 Å². The number of aromatic amines is 1. The van der Waals surface area contributed by atoms with Crippen molar-refractivity contribution in [2.24, 2.45) is 0 Å². The van der Waals surface area contributed by atoms with Gasteiger partial charge in [-0.2, -0.15) is 0 Å². The van der Waals surface area contributed by atoms with Crippen molar-refractivity contribution in [1.82, 2.24) is 19.9 Å². The highest BCUT2D eigenvalue weighted by Gasteiger charge is 2.32. The summed E-state index contributed by atoms with van der Waals surface area (Å²) in [5, 5.41) is 14.8. The number of nitrogens with one attached hydrogen (secondary N) is 2. The Balaban J connectivity index is 1.65. The molecular formula is C19H19ClFN5O. The van der Waals surface area contributed by atoms with E-state index in [1.807, 2.05) is 0 Å². The number of H-pyrrole nitrogens is 1. The Morgan fingerprint density at radius 3 is 3.07 bits per heavy atom. The van der Waals surface area contributed by atoms with Crippen LogP contribution < -0.4 is 5.32 Å². The molecule has 1 aliphatic carbocycles. The predicted molar refractivity (Wildman–Crippen MR) is 103 cm³/mol. The minimum Gasteiger partial charge on any atom is -0.386 e. The summed E-state index contributed by atoms with van der Waals surface area (Å²) in [4.78, 5) is 15.7. The highest BCUT2D eigenvalue weighted by molar-refractivity contribution is 6.31. The van der Waals surface area contributed by atoms with Gasteiger partial charge in [0.05, 0.1) is 16.8 Å². The van der Waals surface area contributed by atoms with E-state index in [1.54, 1.807) is 24.5 Å². The van der Waals surface area contributed by atoms with Crippen LogP contribution in [0.5, 0.6) is 0 Å². The molecule has 3 aromatic heterocycles. The highest BCUT2D eigenvalue weighted by atomic mass is 35.5. The minimum absolute atomic E-state index is 0.0990. The third-order valence-electron chi connectivity index (χ3n) is 4.97. The maximum atomic E-state index is 14.3. The van der Waals surface area contributed by atoms with Crippen molar-refractivity contribution in [3.63, 3.8) is 0 Å². The number of aromatic nitrogens is 4. The molecule has 8 heteroatoms. The maximum Gasteiger partial charge on any atom is 0.183 e. The summed E-state index contributed by atoms with van der Waals surface area (Å²) in [7, 11) is 0. The zero-order chi connectivity index (χ0) is 19.0. The molecule has 0 bridgehead atoms. The van der Waals surface area contributed by atoms with Crippen LogP contribution in [0.2, 0.25) is 5.02 Å². The van der Waals surface area contributed by atoms with E-state index in [2.05, 4.69) is 31.8 Å². The molecule has 6 nitrogen and oxygen atoms in total. The molecule has 0 spiro atoms. The summed E-state index contributed by atoms with van der Waals surface area (Å²) < 4.78 is 14.3. The predicted octanol–water partition coefficient (Wildman–Crippen LogP) is 4.08. The smallest absolute Gasteiger partial charge is 0.183 e. The van der Waals surface area contributed by atoms with Crippen LogP contribution in [-0.2, 0) is 0 Å². The Morgan fingerprint density at radius 1 is 1.41 bits per heavy atom. The van der Waals surface area contributed by atoms with Crippen molar-refractivity contribution >= 4 is 28.5 Å². The molecule has 2 atom stereocenters. The van der Waals surface area contributed by atoms with Gasteiger partial charge in [0, 0.05) is 29.4 Å². The van der Waals surface area contributed by atoms with E-state index in [0.29, 0.717) is 34.9 Å². The van der Waals surface area contributed by atoms with E-state index in [1.165, 1.54) is 0 Å². The van der Waals surface area contributed by atoms with E-state index >= 15 is 0 Å². The van der Waals surface area contributed by atoms with Crippen molar-refractivity contribution < 1.29 is 9.50 Å². The van der Waals surface area contributed by atoms with Crippen LogP contribution in [0, 0.1) is 5.82 Å². The van der Waals surface area contributed by atoms with Crippen molar-refractivity contribution in [2.45, 2.75) is 37.3 Å². The van der Waals surface area contributed by atoms with E-state index in [0.717, 1.165) is 24.4 Å². The molecule has 140 valence electrons. The van der Waals surface area contributed by atoms with Gasteiger partial charge in [-0.25, -0.2) is 19.3 Å². The summed E-state index contributed by atoms with van der Waals surface area (Å²) in [5.41, 5.74) is 0.413. The van der Waals surface area contributed by atoms with Crippen molar-refractivity contribution in [3.05, 3.63) is 48.2 Å². The van der Waals surface area contributed by atoms with E-state index in [-0.39, 0.29) is 11.9 Å². The molecule has 27 heavy (non-hydrogen) atoms. The second-order valence-corrected chi connectivity index (χ2v) is 7.32.